The molecule has 3 atom stereocenters. The van der Waals surface area contributed by atoms with Gasteiger partial charge in [-0.05, 0) is 97.4 Å². The van der Waals surface area contributed by atoms with Gasteiger partial charge >= 0.3 is 0 Å². The quantitative estimate of drug-likeness (QED) is 0.624. The summed E-state index contributed by atoms with van der Waals surface area (Å²) in [6, 6.07) is 16.7. The molecule has 1 nitrogen and oxygen atoms in total. The Bertz CT molecular complexity index is 790. The Balaban J connectivity index is 1.39. The minimum atomic E-state index is 0.0817. The number of hydrogen-bond acceptors (Lipinski definition) is 1. The number of fused-ring (bicyclic) bond motifs is 1. The minimum absolute atomic E-state index is 0.0817. The van der Waals surface area contributed by atoms with Gasteiger partial charge in [-0.1, -0.05) is 62.7 Å². The fourth-order valence-electron chi connectivity index (χ4n) is 5.50. The summed E-state index contributed by atoms with van der Waals surface area (Å²) in [5.74, 6) is 1.47. The van der Waals surface area contributed by atoms with Crippen LogP contribution in [0.5, 0.6) is 0 Å². The first-order valence-electron chi connectivity index (χ1n) is 11.6. The Hall–Kier alpha value is -1.60. The molecule has 2 aromatic rings. The molecule has 0 heterocycles. The van der Waals surface area contributed by atoms with Gasteiger partial charge in [0.15, 0.2) is 0 Å². The molecule has 28 heavy (non-hydrogen) atoms. The molecular formula is C27H37N. The molecule has 1 heteroatoms. The van der Waals surface area contributed by atoms with Crippen molar-refractivity contribution in [1.29, 1.82) is 0 Å². The smallest absolute Gasteiger partial charge is 0.0157 e. The van der Waals surface area contributed by atoms with E-state index in [1.807, 2.05) is 0 Å². The topological polar surface area (TPSA) is 26.0 Å². The van der Waals surface area contributed by atoms with Gasteiger partial charge in [-0.15, -0.1) is 0 Å². The van der Waals surface area contributed by atoms with Crippen LogP contribution in [0, 0.1) is 5.92 Å². The number of hydrogen-bond donors (Lipinski definition) is 1. The normalized spacial score (nSPS) is 27.0. The summed E-state index contributed by atoms with van der Waals surface area (Å²) in [6.07, 6.45) is 12.2. The van der Waals surface area contributed by atoms with Crippen molar-refractivity contribution in [2.24, 2.45) is 11.7 Å². The molecule has 4 rings (SSSR count). The number of aryl methyl sites for hydroxylation is 2. The van der Waals surface area contributed by atoms with Crippen LogP contribution in [0.15, 0.2) is 42.5 Å². The molecular weight excluding hydrogens is 338 g/mol. The Kier molecular flexibility index (Phi) is 5.92. The summed E-state index contributed by atoms with van der Waals surface area (Å²) in [7, 11) is 0. The molecule has 0 aromatic heterocycles. The lowest BCUT2D eigenvalue weighted by atomic mass is 9.79. The van der Waals surface area contributed by atoms with E-state index in [0.29, 0.717) is 5.92 Å². The maximum absolute atomic E-state index is 6.54. The van der Waals surface area contributed by atoms with Crippen molar-refractivity contribution in [2.75, 3.05) is 0 Å². The zero-order valence-electron chi connectivity index (χ0n) is 17.8. The van der Waals surface area contributed by atoms with Crippen LogP contribution in [0.3, 0.4) is 0 Å². The number of rotatable bonds is 6. The molecule has 1 fully saturated rings. The Morgan fingerprint density at radius 3 is 2.46 bits per heavy atom. The van der Waals surface area contributed by atoms with Crippen molar-refractivity contribution >= 4 is 0 Å². The van der Waals surface area contributed by atoms with Crippen LogP contribution in [-0.4, -0.2) is 5.54 Å². The Labute approximate surface area is 171 Å². The standard InChI is InChI=1S/C27H37N/c1-3-5-20-6-8-21(9-7-20)16-22-10-11-24-18-25(13-12-23(24)17-22)26-14-15-27(28,4-2)19-26/h6-9,12-13,18,22,26H,3-5,10-11,14-17,19,28H2,1-2H3/t22-,26-,27+/m0/s1. The lowest BCUT2D eigenvalue weighted by Gasteiger charge is -2.26. The Morgan fingerprint density at radius 2 is 1.75 bits per heavy atom. The zero-order valence-corrected chi connectivity index (χ0v) is 17.8. The van der Waals surface area contributed by atoms with E-state index in [1.54, 1.807) is 16.7 Å². The number of nitrogens with two attached hydrogens (primary N) is 1. The summed E-state index contributed by atoms with van der Waals surface area (Å²) in [5.41, 5.74) is 14.4. The molecule has 2 aliphatic carbocycles. The highest BCUT2D eigenvalue weighted by atomic mass is 14.8. The summed E-state index contributed by atoms with van der Waals surface area (Å²) >= 11 is 0. The zero-order chi connectivity index (χ0) is 19.6. The molecule has 2 N–H and O–H groups in total. The molecule has 0 bridgehead atoms. The monoisotopic (exact) mass is 375 g/mol. The van der Waals surface area contributed by atoms with E-state index in [2.05, 4.69) is 56.3 Å². The predicted octanol–water partition coefficient (Wildman–Crippen LogP) is 6.36. The molecule has 150 valence electrons. The molecule has 0 amide bonds. The van der Waals surface area contributed by atoms with Crippen molar-refractivity contribution in [1.82, 2.24) is 0 Å². The van der Waals surface area contributed by atoms with E-state index in [0.717, 1.165) is 12.3 Å². The fraction of sp³-hybridized carbons (Fsp3) is 0.556. The molecule has 0 spiro atoms. The van der Waals surface area contributed by atoms with Crippen LogP contribution in [0.1, 0.15) is 86.1 Å². The van der Waals surface area contributed by atoms with Gasteiger partial charge in [-0.3, -0.25) is 0 Å². The third-order valence-corrected chi connectivity index (χ3v) is 7.47. The van der Waals surface area contributed by atoms with Gasteiger partial charge in [0.1, 0.15) is 0 Å². The van der Waals surface area contributed by atoms with Crippen LogP contribution in [0.2, 0.25) is 0 Å². The van der Waals surface area contributed by atoms with Gasteiger partial charge in [-0.25, -0.2) is 0 Å². The lowest BCUT2D eigenvalue weighted by Crippen LogP contribution is -2.35. The van der Waals surface area contributed by atoms with E-state index in [4.69, 9.17) is 5.73 Å². The Morgan fingerprint density at radius 1 is 0.964 bits per heavy atom. The fourth-order valence-corrected chi connectivity index (χ4v) is 5.50. The molecule has 1 saturated carbocycles. The first kappa shape index (κ1) is 19.7. The van der Waals surface area contributed by atoms with Gasteiger partial charge in [0, 0.05) is 5.54 Å². The van der Waals surface area contributed by atoms with Crippen LogP contribution >= 0.6 is 0 Å². The first-order valence-corrected chi connectivity index (χ1v) is 11.6. The summed E-state index contributed by atoms with van der Waals surface area (Å²) in [5, 5.41) is 0. The minimum Gasteiger partial charge on any atom is -0.325 e. The van der Waals surface area contributed by atoms with Gasteiger partial charge in [0.25, 0.3) is 0 Å². The molecule has 0 unspecified atom stereocenters. The molecule has 2 aromatic carbocycles. The van der Waals surface area contributed by atoms with Crippen molar-refractivity contribution in [3.05, 3.63) is 70.3 Å². The molecule has 2 aliphatic rings. The van der Waals surface area contributed by atoms with E-state index < -0.39 is 0 Å². The average Bonchev–Trinajstić information content (AvgIpc) is 3.12. The van der Waals surface area contributed by atoms with Crippen molar-refractivity contribution in [2.45, 2.75) is 89.5 Å². The summed E-state index contributed by atoms with van der Waals surface area (Å²) in [6.45, 7) is 4.49. The van der Waals surface area contributed by atoms with E-state index in [-0.39, 0.29) is 5.54 Å². The lowest BCUT2D eigenvalue weighted by molar-refractivity contribution is 0.418. The summed E-state index contributed by atoms with van der Waals surface area (Å²) in [4.78, 5) is 0. The molecule has 0 saturated heterocycles. The van der Waals surface area contributed by atoms with Crippen molar-refractivity contribution in [3.63, 3.8) is 0 Å². The van der Waals surface area contributed by atoms with Crippen LogP contribution in [0.4, 0.5) is 0 Å². The highest BCUT2D eigenvalue weighted by molar-refractivity contribution is 5.37. The van der Waals surface area contributed by atoms with E-state index in [1.165, 1.54) is 68.9 Å². The van der Waals surface area contributed by atoms with E-state index >= 15 is 0 Å². The summed E-state index contributed by atoms with van der Waals surface area (Å²) < 4.78 is 0. The second-order valence-corrected chi connectivity index (χ2v) is 9.56. The van der Waals surface area contributed by atoms with Crippen LogP contribution in [0.25, 0.3) is 0 Å². The SMILES string of the molecule is CCCc1ccc(C[C@@H]2CCc3cc([C@H]4CC[C@](N)(CC)C4)ccc3C2)cc1. The third-order valence-electron chi connectivity index (χ3n) is 7.47. The van der Waals surface area contributed by atoms with Crippen LogP contribution < -0.4 is 5.73 Å². The molecule has 0 radical (unpaired) electrons. The van der Waals surface area contributed by atoms with Crippen molar-refractivity contribution in [3.8, 4) is 0 Å². The predicted molar refractivity (Wildman–Crippen MR) is 120 cm³/mol. The third kappa shape index (κ3) is 4.35. The second-order valence-electron chi connectivity index (χ2n) is 9.56. The molecule has 0 aliphatic heterocycles. The van der Waals surface area contributed by atoms with Gasteiger partial charge < -0.3 is 5.73 Å². The van der Waals surface area contributed by atoms with Crippen LogP contribution in [-0.2, 0) is 25.7 Å². The highest BCUT2D eigenvalue weighted by Crippen LogP contribution is 2.42. The first-order chi connectivity index (χ1) is 13.6. The van der Waals surface area contributed by atoms with Gasteiger partial charge in [-0.2, -0.15) is 0 Å². The number of benzene rings is 2. The maximum atomic E-state index is 6.54. The highest BCUT2D eigenvalue weighted by Gasteiger charge is 2.35. The second kappa shape index (κ2) is 8.41. The largest absolute Gasteiger partial charge is 0.325 e. The van der Waals surface area contributed by atoms with Crippen molar-refractivity contribution < 1.29 is 0 Å². The van der Waals surface area contributed by atoms with E-state index in [9.17, 15) is 0 Å². The van der Waals surface area contributed by atoms with Gasteiger partial charge in [0.05, 0.1) is 0 Å². The maximum Gasteiger partial charge on any atom is 0.0157 e. The van der Waals surface area contributed by atoms with Gasteiger partial charge in [0.2, 0.25) is 0 Å². The average molecular weight is 376 g/mol.